The fourth-order valence-electron chi connectivity index (χ4n) is 3.90. The molecule has 2 unspecified atom stereocenters. The number of nitrogens with zero attached hydrogens (tertiary/aromatic N) is 1. The molecule has 6 heteroatoms. The van der Waals surface area contributed by atoms with E-state index in [1.165, 1.54) is 7.11 Å². The number of hydrogen-bond acceptors (Lipinski definition) is 6. The molecule has 0 aliphatic carbocycles. The number of hydrogen-bond donors (Lipinski definition) is 0. The zero-order valence-electron chi connectivity index (χ0n) is 15.4. The van der Waals surface area contributed by atoms with Crippen molar-refractivity contribution in [1.82, 2.24) is 4.90 Å². The predicted octanol–water partition coefficient (Wildman–Crippen LogP) is 2.35. The zero-order chi connectivity index (χ0) is 18.0. The molecule has 2 heterocycles. The van der Waals surface area contributed by atoms with Gasteiger partial charge in [-0.1, -0.05) is 12.1 Å². The van der Waals surface area contributed by atoms with Gasteiger partial charge in [0.05, 0.1) is 33.0 Å². The Bertz CT molecular complexity index is 592. The summed E-state index contributed by atoms with van der Waals surface area (Å²) in [6.07, 6.45) is 1.58. The number of benzene rings is 1. The van der Waals surface area contributed by atoms with E-state index in [1.807, 2.05) is 24.3 Å². The van der Waals surface area contributed by atoms with Gasteiger partial charge in [-0.15, -0.1) is 0 Å². The molecule has 0 bridgehead atoms. The summed E-state index contributed by atoms with van der Waals surface area (Å²) in [7, 11) is 3.07. The van der Waals surface area contributed by atoms with Gasteiger partial charge < -0.3 is 18.9 Å². The molecule has 3 atom stereocenters. The Kier molecular flexibility index (Phi) is 5.32. The first-order chi connectivity index (χ1) is 11.9. The predicted molar refractivity (Wildman–Crippen MR) is 92.3 cm³/mol. The second-order valence-electron chi connectivity index (χ2n) is 7.00. The van der Waals surface area contributed by atoms with E-state index >= 15 is 0 Å². The summed E-state index contributed by atoms with van der Waals surface area (Å²) in [6.45, 7) is 5.29. The van der Waals surface area contributed by atoms with Crippen LogP contribution in [0.15, 0.2) is 24.3 Å². The molecule has 1 aromatic rings. The van der Waals surface area contributed by atoms with E-state index in [0.29, 0.717) is 19.5 Å². The Morgan fingerprint density at radius 2 is 1.84 bits per heavy atom. The summed E-state index contributed by atoms with van der Waals surface area (Å²) in [6, 6.07) is 7.49. The van der Waals surface area contributed by atoms with Gasteiger partial charge in [0, 0.05) is 13.0 Å². The van der Waals surface area contributed by atoms with Crippen molar-refractivity contribution in [2.75, 3.05) is 20.8 Å². The minimum Gasteiger partial charge on any atom is -0.497 e. The van der Waals surface area contributed by atoms with Crippen LogP contribution in [-0.4, -0.2) is 55.7 Å². The van der Waals surface area contributed by atoms with Crippen LogP contribution in [-0.2, 0) is 25.5 Å². The van der Waals surface area contributed by atoms with Crippen LogP contribution in [0, 0.1) is 0 Å². The number of methoxy groups -OCH3 is 2. The smallest absolute Gasteiger partial charge is 0.323 e. The second kappa shape index (κ2) is 7.32. The van der Waals surface area contributed by atoms with Crippen LogP contribution in [0.1, 0.15) is 32.3 Å². The highest BCUT2D eigenvalue weighted by atomic mass is 16.7. The highest BCUT2D eigenvalue weighted by Crippen LogP contribution is 2.39. The van der Waals surface area contributed by atoms with Crippen LogP contribution in [0.4, 0.5) is 0 Å². The second-order valence-corrected chi connectivity index (χ2v) is 7.00. The molecule has 2 saturated heterocycles. The molecule has 2 aliphatic rings. The lowest BCUT2D eigenvalue weighted by Gasteiger charge is -2.40. The van der Waals surface area contributed by atoms with Gasteiger partial charge in [-0.25, -0.2) is 0 Å². The summed E-state index contributed by atoms with van der Waals surface area (Å²) in [4.78, 5) is 14.4. The van der Waals surface area contributed by atoms with Crippen LogP contribution in [0.25, 0.3) is 0 Å². The lowest BCUT2D eigenvalue weighted by Crippen LogP contribution is -2.48. The average molecular weight is 349 g/mol. The van der Waals surface area contributed by atoms with Gasteiger partial charge in [0.25, 0.3) is 0 Å². The molecule has 0 amide bonds. The lowest BCUT2D eigenvalue weighted by molar-refractivity contribution is -0.304. The van der Waals surface area contributed by atoms with Gasteiger partial charge in [0.1, 0.15) is 11.8 Å². The molecule has 1 spiro atoms. The first-order valence-electron chi connectivity index (χ1n) is 8.75. The van der Waals surface area contributed by atoms with E-state index in [4.69, 9.17) is 18.9 Å². The van der Waals surface area contributed by atoms with Gasteiger partial charge >= 0.3 is 5.97 Å². The van der Waals surface area contributed by atoms with Crippen molar-refractivity contribution in [3.63, 3.8) is 0 Å². The van der Waals surface area contributed by atoms with E-state index in [0.717, 1.165) is 17.7 Å². The number of esters is 1. The van der Waals surface area contributed by atoms with Gasteiger partial charge in [0.2, 0.25) is 0 Å². The van der Waals surface area contributed by atoms with Crippen LogP contribution in [0.5, 0.6) is 5.75 Å². The summed E-state index contributed by atoms with van der Waals surface area (Å²) in [5.41, 5.74) is 1.10. The summed E-state index contributed by atoms with van der Waals surface area (Å²) >= 11 is 0. The van der Waals surface area contributed by atoms with E-state index in [-0.39, 0.29) is 24.2 Å². The molecule has 138 valence electrons. The highest BCUT2D eigenvalue weighted by Gasteiger charge is 2.52. The van der Waals surface area contributed by atoms with Crippen LogP contribution in [0.2, 0.25) is 0 Å². The van der Waals surface area contributed by atoms with Gasteiger partial charge in [-0.05, 0) is 38.0 Å². The molecule has 0 aromatic heterocycles. The minimum atomic E-state index is -0.734. The third-order valence-electron chi connectivity index (χ3n) is 4.90. The van der Waals surface area contributed by atoms with Gasteiger partial charge in [0.15, 0.2) is 5.79 Å². The van der Waals surface area contributed by atoms with Crippen LogP contribution < -0.4 is 4.74 Å². The first kappa shape index (κ1) is 18.2. The summed E-state index contributed by atoms with van der Waals surface area (Å²) in [5.74, 6) is -0.168. The number of carbonyl (C=O) groups is 1. The molecule has 25 heavy (non-hydrogen) atoms. The number of ether oxygens (including phenoxy) is 4. The SMILES string of the molecule is COC(=O)[C@H]1CC2(CN1Cc1ccc(OC)cc1)OC(C)CC(C)O2. The Morgan fingerprint density at radius 1 is 1.20 bits per heavy atom. The molecule has 6 nitrogen and oxygen atoms in total. The molecule has 2 aliphatic heterocycles. The number of carbonyl (C=O) groups excluding carboxylic acids is 1. The Hall–Kier alpha value is -1.63. The third-order valence-corrected chi connectivity index (χ3v) is 4.90. The minimum absolute atomic E-state index is 0.114. The Morgan fingerprint density at radius 3 is 2.40 bits per heavy atom. The van der Waals surface area contributed by atoms with E-state index < -0.39 is 5.79 Å². The molecule has 0 N–H and O–H groups in total. The van der Waals surface area contributed by atoms with E-state index in [9.17, 15) is 4.79 Å². The maximum Gasteiger partial charge on any atom is 0.323 e. The topological polar surface area (TPSA) is 57.2 Å². The van der Waals surface area contributed by atoms with E-state index in [2.05, 4.69) is 18.7 Å². The van der Waals surface area contributed by atoms with Crippen molar-refractivity contribution < 1.29 is 23.7 Å². The highest BCUT2D eigenvalue weighted by molar-refractivity contribution is 5.76. The quantitative estimate of drug-likeness (QED) is 0.778. The molecular weight excluding hydrogens is 322 g/mol. The summed E-state index contributed by atoms with van der Waals surface area (Å²) < 4.78 is 22.5. The standard InChI is InChI=1S/C19H27NO5/c1-13-9-14(2)25-19(24-13)10-17(18(21)23-4)20(12-19)11-15-5-7-16(22-3)8-6-15/h5-8,13-14,17H,9-12H2,1-4H3/t13?,14?,17-,19?/m1/s1. The third kappa shape index (κ3) is 3.97. The van der Waals surface area contributed by atoms with Crippen molar-refractivity contribution in [3.05, 3.63) is 29.8 Å². The molecule has 0 radical (unpaired) electrons. The molecular formula is C19H27NO5. The lowest BCUT2D eigenvalue weighted by atomic mass is 10.1. The maximum atomic E-state index is 12.3. The molecule has 3 rings (SSSR count). The van der Waals surface area contributed by atoms with Crippen molar-refractivity contribution in [3.8, 4) is 5.75 Å². The van der Waals surface area contributed by atoms with Crippen LogP contribution in [0.3, 0.4) is 0 Å². The Labute approximate surface area is 149 Å². The monoisotopic (exact) mass is 349 g/mol. The fourth-order valence-corrected chi connectivity index (χ4v) is 3.90. The van der Waals surface area contributed by atoms with E-state index in [1.54, 1.807) is 7.11 Å². The molecule has 0 saturated carbocycles. The van der Waals surface area contributed by atoms with Crippen molar-refractivity contribution in [2.24, 2.45) is 0 Å². The molecule has 2 fully saturated rings. The maximum absolute atomic E-state index is 12.3. The first-order valence-corrected chi connectivity index (χ1v) is 8.75. The van der Waals surface area contributed by atoms with Crippen molar-refractivity contribution in [2.45, 2.75) is 57.3 Å². The molecule has 1 aromatic carbocycles. The van der Waals surface area contributed by atoms with Crippen molar-refractivity contribution >= 4 is 5.97 Å². The fraction of sp³-hybridized carbons (Fsp3) is 0.632. The van der Waals surface area contributed by atoms with Gasteiger partial charge in [-0.3, -0.25) is 9.69 Å². The van der Waals surface area contributed by atoms with Crippen LogP contribution >= 0.6 is 0 Å². The zero-order valence-corrected chi connectivity index (χ0v) is 15.4. The number of rotatable bonds is 4. The Balaban J connectivity index is 1.78. The average Bonchev–Trinajstić information content (AvgIpc) is 2.90. The largest absolute Gasteiger partial charge is 0.497 e. The van der Waals surface area contributed by atoms with Gasteiger partial charge in [-0.2, -0.15) is 0 Å². The summed E-state index contributed by atoms with van der Waals surface area (Å²) in [5, 5.41) is 0. The van der Waals surface area contributed by atoms with Crippen molar-refractivity contribution in [1.29, 1.82) is 0 Å². The normalized spacial score (nSPS) is 32.7. The number of likely N-dealkylation sites (tertiary alicyclic amines) is 1.